The van der Waals surface area contributed by atoms with Crippen molar-refractivity contribution >= 4 is 29.0 Å². The van der Waals surface area contributed by atoms with Crippen LogP contribution in [0.25, 0.3) is 0 Å². The summed E-state index contributed by atoms with van der Waals surface area (Å²) in [6.07, 6.45) is 0. The van der Waals surface area contributed by atoms with Crippen molar-refractivity contribution in [2.75, 3.05) is 57.3 Å². The number of carbonyl (C=O) groups is 2. The smallest absolute Gasteiger partial charge is 0.345 e. The largest absolute Gasteiger partial charge is 0.456 e. The zero-order valence-electron chi connectivity index (χ0n) is 26.6. The number of nitrogens with one attached hydrogen (secondary N) is 3. The minimum absolute atomic E-state index is 0.0150. The van der Waals surface area contributed by atoms with Gasteiger partial charge in [0.1, 0.15) is 28.1 Å². The summed E-state index contributed by atoms with van der Waals surface area (Å²) in [6.45, 7) is 17.9. The van der Waals surface area contributed by atoms with E-state index in [4.69, 9.17) is 9.47 Å². The lowest BCUT2D eigenvalue weighted by atomic mass is 10.1. The van der Waals surface area contributed by atoms with Crippen LogP contribution in [0.4, 0.5) is 21.5 Å². The molecule has 0 unspecified atom stereocenters. The van der Waals surface area contributed by atoms with Gasteiger partial charge in [-0.25, -0.2) is 14.0 Å². The maximum Gasteiger partial charge on any atom is 0.345 e. The first-order chi connectivity index (χ1) is 21.0. The molecule has 2 aromatic carbocycles. The summed E-state index contributed by atoms with van der Waals surface area (Å²) in [5.41, 5.74) is -1.79. The third-order valence-corrected chi connectivity index (χ3v) is 6.01. The molecule has 0 bridgehead atoms. The van der Waals surface area contributed by atoms with Crippen molar-refractivity contribution in [2.45, 2.75) is 52.7 Å². The van der Waals surface area contributed by atoms with E-state index in [1.165, 1.54) is 12.1 Å². The number of hydrogen-bond acceptors (Lipinski definition) is 12. The summed E-state index contributed by atoms with van der Waals surface area (Å²) in [6, 6.07) is 7.37. The van der Waals surface area contributed by atoms with Crippen LogP contribution in [0, 0.1) is 26.0 Å². The second-order valence-corrected chi connectivity index (χ2v) is 12.1. The highest BCUT2D eigenvalue weighted by Crippen LogP contribution is 2.28. The molecule has 4 rings (SSSR count). The molecule has 14 nitrogen and oxygen atoms in total. The number of carbonyl (C=O) groups excluding carboxylic acids is 2. The van der Waals surface area contributed by atoms with E-state index in [1.54, 1.807) is 47.6 Å². The monoisotopic (exact) mass is 634 g/mol. The summed E-state index contributed by atoms with van der Waals surface area (Å²) in [4.78, 5) is 46.4. The van der Waals surface area contributed by atoms with Gasteiger partial charge < -0.3 is 30.3 Å². The molecule has 0 spiro atoms. The summed E-state index contributed by atoms with van der Waals surface area (Å²) in [5, 5.41) is 31.6. The average Bonchev–Trinajstić information content (AvgIpc) is 2.97. The fourth-order valence-electron chi connectivity index (χ4n) is 4.06. The molecule has 15 heteroatoms. The number of hydrogen-bond donors (Lipinski definition) is 3. The summed E-state index contributed by atoms with van der Waals surface area (Å²) in [7, 11) is 0. The molecular weight excluding hydrogens is 591 g/mol. The Morgan fingerprint density at radius 1 is 0.711 bits per heavy atom. The van der Waals surface area contributed by atoms with Crippen molar-refractivity contribution in [3.8, 4) is 0 Å². The number of halogens is 1. The fourth-order valence-corrected chi connectivity index (χ4v) is 4.06. The molecule has 2 fully saturated rings. The highest BCUT2D eigenvalue weighted by atomic mass is 19.1. The Kier molecular flexibility index (Phi) is 13.8. The number of esters is 2. The van der Waals surface area contributed by atoms with Crippen LogP contribution < -0.4 is 20.9 Å². The molecule has 0 saturated carbocycles. The van der Waals surface area contributed by atoms with Gasteiger partial charge in [-0.2, -0.15) is 0 Å². The predicted octanol–water partition coefficient (Wildman–Crippen LogP) is 3.83. The molecular formula is C30H43FN6O8. The van der Waals surface area contributed by atoms with Crippen molar-refractivity contribution in [2.24, 2.45) is 0 Å². The molecule has 0 amide bonds. The van der Waals surface area contributed by atoms with E-state index >= 15 is 0 Å². The van der Waals surface area contributed by atoms with E-state index < -0.39 is 44.5 Å². The van der Waals surface area contributed by atoms with Gasteiger partial charge in [-0.15, -0.1) is 0 Å². The zero-order valence-corrected chi connectivity index (χ0v) is 26.6. The van der Waals surface area contributed by atoms with E-state index in [0.717, 1.165) is 70.2 Å². The summed E-state index contributed by atoms with van der Waals surface area (Å²) < 4.78 is 23.1. The molecule has 248 valence electrons. The number of benzene rings is 2. The van der Waals surface area contributed by atoms with Crippen LogP contribution in [0.3, 0.4) is 0 Å². The number of nitro benzene ring substituents is 2. The second kappa shape index (κ2) is 16.7. The third kappa shape index (κ3) is 13.1. The highest BCUT2D eigenvalue weighted by Gasteiger charge is 2.28. The van der Waals surface area contributed by atoms with E-state index in [-0.39, 0.29) is 16.8 Å². The highest BCUT2D eigenvalue weighted by molar-refractivity contribution is 5.95. The first-order valence-electron chi connectivity index (χ1n) is 14.5. The SMILES string of the molecule is C1CNCCN1.CC(C)(C)OC(=O)c1ccc(F)cc1[N+](=O)[O-].CC(C)(C)OC(=O)c1ccc(N2CCNCC2)cc1[N+](=O)[O-]. The third-order valence-electron chi connectivity index (χ3n) is 6.01. The minimum Gasteiger partial charge on any atom is -0.456 e. The van der Waals surface area contributed by atoms with Gasteiger partial charge in [0, 0.05) is 64.1 Å². The minimum atomic E-state index is -0.843. The van der Waals surface area contributed by atoms with E-state index in [2.05, 4.69) is 20.9 Å². The van der Waals surface area contributed by atoms with Gasteiger partial charge in [-0.1, -0.05) is 0 Å². The maximum atomic E-state index is 12.9. The number of nitro groups is 2. The second-order valence-electron chi connectivity index (χ2n) is 12.1. The standard InChI is InChI=1S/C15H21N3O4.C11H12FNO4.C4H10N2/c1-15(2,3)22-14(19)12-5-4-11(10-13(12)18(20)21)17-8-6-16-7-9-17;1-11(2,3)17-10(14)8-5-4-7(12)6-9(8)13(15)16;1-2-6-4-3-5-1/h4-5,10,16H,6-9H2,1-3H3;4-6H,1-3H3;5-6H,1-4H2. The van der Waals surface area contributed by atoms with Gasteiger partial charge in [0.2, 0.25) is 0 Å². The normalized spacial score (nSPS) is 15.0. The number of piperazine rings is 2. The molecule has 2 aliphatic heterocycles. The van der Waals surface area contributed by atoms with Crippen molar-refractivity contribution in [1.29, 1.82) is 0 Å². The summed E-state index contributed by atoms with van der Waals surface area (Å²) >= 11 is 0. The van der Waals surface area contributed by atoms with Gasteiger partial charge in [0.05, 0.1) is 15.9 Å². The Hall–Kier alpha value is -4.21. The lowest BCUT2D eigenvalue weighted by molar-refractivity contribution is -0.385. The van der Waals surface area contributed by atoms with Gasteiger partial charge in [-0.3, -0.25) is 20.2 Å². The zero-order chi connectivity index (χ0) is 33.8. The van der Waals surface area contributed by atoms with Crippen molar-refractivity contribution < 1.29 is 33.3 Å². The van der Waals surface area contributed by atoms with Crippen LogP contribution in [0.2, 0.25) is 0 Å². The van der Waals surface area contributed by atoms with E-state index in [1.807, 2.05) is 0 Å². The first kappa shape index (κ1) is 37.0. The van der Waals surface area contributed by atoms with Gasteiger partial charge in [0.15, 0.2) is 0 Å². The van der Waals surface area contributed by atoms with E-state index in [0.29, 0.717) is 6.07 Å². The van der Waals surface area contributed by atoms with E-state index in [9.17, 15) is 34.2 Å². The Morgan fingerprint density at radius 2 is 1.11 bits per heavy atom. The molecule has 2 aliphatic rings. The predicted molar refractivity (Wildman–Crippen MR) is 167 cm³/mol. The Labute approximate surface area is 261 Å². The molecule has 2 saturated heterocycles. The molecule has 3 N–H and O–H groups in total. The van der Waals surface area contributed by atoms with Crippen molar-refractivity contribution in [3.05, 3.63) is 73.6 Å². The van der Waals surface area contributed by atoms with Crippen LogP contribution in [-0.4, -0.2) is 85.3 Å². The Bertz CT molecular complexity index is 1320. The lowest BCUT2D eigenvalue weighted by Gasteiger charge is -2.29. The first-order valence-corrected chi connectivity index (χ1v) is 14.5. The van der Waals surface area contributed by atoms with Crippen LogP contribution >= 0.6 is 0 Å². The quantitative estimate of drug-likeness (QED) is 0.246. The lowest BCUT2D eigenvalue weighted by Crippen LogP contribution is -2.43. The molecule has 0 atom stereocenters. The molecule has 45 heavy (non-hydrogen) atoms. The Balaban J connectivity index is 0.000000270. The molecule has 0 radical (unpaired) electrons. The molecule has 0 aliphatic carbocycles. The van der Waals surface area contributed by atoms with Crippen molar-refractivity contribution in [1.82, 2.24) is 16.0 Å². The number of nitrogens with zero attached hydrogens (tertiary/aromatic N) is 3. The van der Waals surface area contributed by atoms with Crippen LogP contribution in [0.15, 0.2) is 36.4 Å². The van der Waals surface area contributed by atoms with Crippen molar-refractivity contribution in [3.63, 3.8) is 0 Å². The summed E-state index contributed by atoms with van der Waals surface area (Å²) in [5.74, 6) is -2.29. The number of ether oxygens (including phenoxy) is 2. The number of anilines is 1. The fraction of sp³-hybridized carbons (Fsp3) is 0.533. The van der Waals surface area contributed by atoms with Gasteiger partial charge in [-0.05, 0) is 65.8 Å². The maximum absolute atomic E-state index is 12.9. The number of rotatable bonds is 5. The van der Waals surface area contributed by atoms with Crippen LogP contribution in [0.1, 0.15) is 62.3 Å². The molecule has 0 aromatic heterocycles. The van der Waals surface area contributed by atoms with Gasteiger partial charge in [0.25, 0.3) is 11.4 Å². The average molecular weight is 635 g/mol. The van der Waals surface area contributed by atoms with Crippen LogP contribution in [0.5, 0.6) is 0 Å². The molecule has 2 heterocycles. The molecule has 2 aromatic rings. The Morgan fingerprint density at radius 3 is 1.51 bits per heavy atom. The topological polar surface area (TPSA) is 178 Å². The van der Waals surface area contributed by atoms with Crippen LogP contribution in [-0.2, 0) is 9.47 Å². The van der Waals surface area contributed by atoms with Gasteiger partial charge >= 0.3 is 11.9 Å².